The van der Waals surface area contributed by atoms with E-state index in [9.17, 15) is 13.2 Å². The first-order valence-corrected chi connectivity index (χ1v) is 9.10. The van der Waals surface area contributed by atoms with E-state index in [1.807, 2.05) is 7.05 Å². The Morgan fingerprint density at radius 3 is 2.75 bits per heavy atom. The molecule has 2 fully saturated rings. The average Bonchev–Trinajstić information content (AvgIpc) is 2.96. The Bertz CT molecular complexity index is 452. The largest absolute Gasteiger partial charge is 0.341 e. The summed E-state index contributed by atoms with van der Waals surface area (Å²) in [5, 5.41) is 3.16. The fourth-order valence-corrected chi connectivity index (χ4v) is 4.91. The van der Waals surface area contributed by atoms with Crippen molar-refractivity contribution in [1.82, 2.24) is 15.1 Å². The number of hydrogen-bond donors (Lipinski definition) is 1. The van der Waals surface area contributed by atoms with Crippen LogP contribution in [0.1, 0.15) is 19.3 Å². The minimum Gasteiger partial charge on any atom is -0.341 e. The van der Waals surface area contributed by atoms with Crippen molar-refractivity contribution < 1.29 is 13.2 Å². The van der Waals surface area contributed by atoms with Crippen LogP contribution in [0.5, 0.6) is 0 Å². The molecular weight excluding hydrogens is 278 g/mol. The van der Waals surface area contributed by atoms with Gasteiger partial charge in [0.25, 0.3) is 0 Å². The van der Waals surface area contributed by atoms with E-state index in [0.29, 0.717) is 19.0 Å². The number of likely N-dealkylation sites (tertiary alicyclic amines) is 1. The maximum atomic E-state index is 12.3. The summed E-state index contributed by atoms with van der Waals surface area (Å²) in [4.78, 5) is 16.2. The van der Waals surface area contributed by atoms with Gasteiger partial charge in [-0.2, -0.15) is 0 Å². The maximum absolute atomic E-state index is 12.3. The van der Waals surface area contributed by atoms with Crippen molar-refractivity contribution in [3.05, 3.63) is 0 Å². The number of carbonyl (C=O) groups is 1. The SMILES string of the molecule is CNCC1CCCN1CC(=O)N(C)C1CCS(=O)(=O)C1. The van der Waals surface area contributed by atoms with Crippen LogP contribution in [0.25, 0.3) is 0 Å². The van der Waals surface area contributed by atoms with Crippen LogP contribution < -0.4 is 5.32 Å². The molecular formula is C13H25N3O3S. The number of sulfone groups is 1. The summed E-state index contributed by atoms with van der Waals surface area (Å²) < 4.78 is 23.0. The first kappa shape index (κ1) is 15.7. The van der Waals surface area contributed by atoms with Crippen LogP contribution >= 0.6 is 0 Å². The lowest BCUT2D eigenvalue weighted by molar-refractivity contribution is -0.132. The van der Waals surface area contributed by atoms with Gasteiger partial charge in [0.2, 0.25) is 5.91 Å². The third-order valence-electron chi connectivity index (χ3n) is 4.43. The lowest BCUT2D eigenvalue weighted by Crippen LogP contribution is -2.46. The molecule has 2 heterocycles. The second-order valence-corrected chi connectivity index (χ2v) is 8.11. The lowest BCUT2D eigenvalue weighted by atomic mass is 10.2. The molecule has 116 valence electrons. The van der Waals surface area contributed by atoms with Crippen molar-refractivity contribution in [2.24, 2.45) is 0 Å². The van der Waals surface area contributed by atoms with Gasteiger partial charge in [-0.15, -0.1) is 0 Å². The Hall–Kier alpha value is -0.660. The van der Waals surface area contributed by atoms with Crippen molar-refractivity contribution in [2.45, 2.75) is 31.3 Å². The predicted molar refractivity (Wildman–Crippen MR) is 78.4 cm³/mol. The average molecular weight is 303 g/mol. The first-order valence-electron chi connectivity index (χ1n) is 7.27. The highest BCUT2D eigenvalue weighted by Crippen LogP contribution is 2.19. The van der Waals surface area contributed by atoms with E-state index in [4.69, 9.17) is 0 Å². The third-order valence-corrected chi connectivity index (χ3v) is 6.18. The minimum atomic E-state index is -2.94. The number of nitrogens with zero attached hydrogens (tertiary/aromatic N) is 2. The molecule has 2 atom stereocenters. The molecule has 1 amide bonds. The molecule has 0 aromatic heterocycles. The van der Waals surface area contributed by atoms with E-state index >= 15 is 0 Å². The molecule has 0 saturated carbocycles. The van der Waals surface area contributed by atoms with Crippen molar-refractivity contribution in [1.29, 1.82) is 0 Å². The van der Waals surface area contributed by atoms with E-state index in [2.05, 4.69) is 10.2 Å². The second kappa shape index (κ2) is 6.41. The fraction of sp³-hybridized carbons (Fsp3) is 0.923. The molecule has 0 bridgehead atoms. The molecule has 0 aromatic rings. The zero-order valence-electron chi connectivity index (χ0n) is 12.3. The summed E-state index contributed by atoms with van der Waals surface area (Å²) in [6, 6.07) is 0.280. The molecule has 0 aromatic carbocycles. The second-order valence-electron chi connectivity index (χ2n) is 5.89. The van der Waals surface area contributed by atoms with E-state index in [0.717, 1.165) is 25.9 Å². The van der Waals surface area contributed by atoms with Crippen LogP contribution in [-0.2, 0) is 14.6 Å². The zero-order chi connectivity index (χ0) is 14.8. The van der Waals surface area contributed by atoms with Gasteiger partial charge in [-0.1, -0.05) is 0 Å². The molecule has 7 heteroatoms. The molecule has 2 saturated heterocycles. The molecule has 2 aliphatic rings. The molecule has 1 N–H and O–H groups in total. The molecule has 2 aliphatic heterocycles. The normalized spacial score (nSPS) is 29.7. The third kappa shape index (κ3) is 3.71. The summed E-state index contributed by atoms with van der Waals surface area (Å²) in [6.07, 6.45) is 2.82. The topological polar surface area (TPSA) is 69.7 Å². The lowest BCUT2D eigenvalue weighted by Gasteiger charge is -2.29. The summed E-state index contributed by atoms with van der Waals surface area (Å²) in [5.74, 6) is 0.367. The van der Waals surface area contributed by atoms with Gasteiger partial charge in [-0.25, -0.2) is 8.42 Å². The minimum absolute atomic E-state index is 0.0371. The van der Waals surface area contributed by atoms with Crippen molar-refractivity contribution >= 4 is 15.7 Å². The van der Waals surface area contributed by atoms with E-state index in [1.54, 1.807) is 11.9 Å². The van der Waals surface area contributed by atoms with Crippen LogP contribution in [0, 0.1) is 0 Å². The number of hydrogen-bond acceptors (Lipinski definition) is 5. The molecule has 6 nitrogen and oxygen atoms in total. The van der Waals surface area contributed by atoms with E-state index in [1.165, 1.54) is 0 Å². The number of rotatable bonds is 5. The van der Waals surface area contributed by atoms with Crippen LogP contribution in [0.15, 0.2) is 0 Å². The highest BCUT2D eigenvalue weighted by atomic mass is 32.2. The number of carbonyl (C=O) groups excluding carboxylic acids is 1. The van der Waals surface area contributed by atoms with Crippen LogP contribution in [-0.4, -0.2) is 81.4 Å². The summed E-state index contributed by atoms with van der Waals surface area (Å²) in [5.41, 5.74) is 0. The van der Waals surface area contributed by atoms with Crippen molar-refractivity contribution in [3.8, 4) is 0 Å². The van der Waals surface area contributed by atoms with Crippen LogP contribution in [0.3, 0.4) is 0 Å². The van der Waals surface area contributed by atoms with Crippen molar-refractivity contribution in [3.63, 3.8) is 0 Å². The van der Waals surface area contributed by atoms with Gasteiger partial charge in [0.1, 0.15) is 0 Å². The van der Waals surface area contributed by atoms with Gasteiger partial charge in [-0.05, 0) is 32.9 Å². The fourth-order valence-electron chi connectivity index (χ4n) is 3.14. The van der Waals surface area contributed by atoms with Gasteiger partial charge in [0, 0.05) is 25.7 Å². The smallest absolute Gasteiger partial charge is 0.236 e. The zero-order valence-corrected chi connectivity index (χ0v) is 13.2. The highest BCUT2D eigenvalue weighted by molar-refractivity contribution is 7.91. The van der Waals surface area contributed by atoms with E-state index in [-0.39, 0.29) is 23.5 Å². The Kier molecular flexibility index (Phi) is 5.04. The molecule has 2 unspecified atom stereocenters. The van der Waals surface area contributed by atoms with Gasteiger partial charge in [0.05, 0.1) is 18.1 Å². The standard InChI is InChI=1S/C13H25N3O3S/c1-14-8-11-4-3-6-16(11)9-13(17)15(2)12-5-7-20(18,19)10-12/h11-12,14H,3-10H2,1-2H3. The molecule has 2 rings (SSSR count). The Morgan fingerprint density at radius 2 is 2.15 bits per heavy atom. The number of likely N-dealkylation sites (N-methyl/N-ethyl adjacent to an activating group) is 2. The Labute approximate surface area is 121 Å². The quantitative estimate of drug-likeness (QED) is 0.728. The summed E-state index contributed by atoms with van der Waals surface area (Å²) >= 11 is 0. The van der Waals surface area contributed by atoms with Crippen molar-refractivity contribution in [2.75, 3.05) is 45.2 Å². The summed E-state index contributed by atoms with van der Waals surface area (Å²) in [7, 11) is 0.719. The van der Waals surface area contributed by atoms with Crippen LogP contribution in [0.2, 0.25) is 0 Å². The number of nitrogens with one attached hydrogen (secondary N) is 1. The molecule has 20 heavy (non-hydrogen) atoms. The van der Waals surface area contributed by atoms with Crippen LogP contribution in [0.4, 0.5) is 0 Å². The monoisotopic (exact) mass is 303 g/mol. The van der Waals surface area contributed by atoms with Gasteiger partial charge < -0.3 is 10.2 Å². The maximum Gasteiger partial charge on any atom is 0.236 e. The Morgan fingerprint density at radius 1 is 1.40 bits per heavy atom. The highest BCUT2D eigenvalue weighted by Gasteiger charge is 2.34. The predicted octanol–water partition coefficient (Wildman–Crippen LogP) is -0.684. The van der Waals surface area contributed by atoms with Gasteiger partial charge >= 0.3 is 0 Å². The molecule has 0 aliphatic carbocycles. The summed E-state index contributed by atoms with van der Waals surface area (Å²) in [6.45, 7) is 2.25. The molecule has 0 radical (unpaired) electrons. The van der Waals surface area contributed by atoms with Gasteiger partial charge in [-0.3, -0.25) is 9.69 Å². The number of amides is 1. The Balaban J connectivity index is 1.88. The molecule has 0 spiro atoms. The first-order chi connectivity index (χ1) is 9.43. The van der Waals surface area contributed by atoms with Gasteiger partial charge in [0.15, 0.2) is 9.84 Å². The van der Waals surface area contributed by atoms with E-state index < -0.39 is 9.84 Å².